The molecule has 16 nitrogen and oxygen atoms in total. The lowest BCUT2D eigenvalue weighted by Gasteiger charge is -2.30. The second-order valence-electron chi connectivity index (χ2n) is 15.1. The third-order valence-corrected chi connectivity index (χ3v) is 11.3. The molecule has 3 fully saturated rings. The Bertz CT molecular complexity index is 1910. The smallest absolute Gasteiger partial charge is 0.412 e. The van der Waals surface area contributed by atoms with Gasteiger partial charge >= 0.3 is 12.2 Å². The first-order valence-electron chi connectivity index (χ1n) is 18.4. The zero-order valence-electron chi connectivity index (χ0n) is 30.9. The van der Waals surface area contributed by atoms with Crippen molar-refractivity contribution in [1.29, 1.82) is 0 Å². The van der Waals surface area contributed by atoms with Gasteiger partial charge in [0.25, 0.3) is 5.91 Å². The number of benzene rings is 2. The van der Waals surface area contributed by atoms with E-state index in [1.807, 2.05) is 12.1 Å². The minimum Gasteiger partial charge on any atom is -0.455 e. The second-order valence-corrected chi connectivity index (χ2v) is 17.1. The van der Waals surface area contributed by atoms with Crippen molar-refractivity contribution < 1.29 is 51.3 Å². The van der Waals surface area contributed by atoms with Crippen LogP contribution in [0.3, 0.4) is 0 Å². The molecular formula is C38H47N5O11S. The molecule has 1 saturated heterocycles. The molecule has 0 unspecified atom stereocenters. The highest BCUT2D eigenvalue weighted by Crippen LogP contribution is 2.46. The van der Waals surface area contributed by atoms with Gasteiger partial charge in [-0.25, -0.2) is 18.0 Å². The summed E-state index contributed by atoms with van der Waals surface area (Å²) in [6.07, 6.45) is 2.73. The number of rotatable bonds is 8. The van der Waals surface area contributed by atoms with Gasteiger partial charge in [0.2, 0.25) is 21.8 Å². The molecule has 5 amide bonds. The maximum atomic E-state index is 14.3. The minimum absolute atomic E-state index is 0.133. The first-order valence-corrected chi connectivity index (χ1v) is 19.9. The van der Waals surface area contributed by atoms with Crippen LogP contribution in [0.25, 0.3) is 0 Å². The van der Waals surface area contributed by atoms with Crippen molar-refractivity contribution in [3.63, 3.8) is 0 Å². The third kappa shape index (κ3) is 10.1. The molecule has 0 spiro atoms. The fraction of sp³-hybridized carbons (Fsp3) is 0.500. The van der Waals surface area contributed by atoms with Gasteiger partial charge in [-0.2, -0.15) is 0 Å². The zero-order valence-corrected chi connectivity index (χ0v) is 31.8. The fourth-order valence-corrected chi connectivity index (χ4v) is 7.86. The summed E-state index contributed by atoms with van der Waals surface area (Å²) in [5, 5.41) is 7.32. The lowest BCUT2D eigenvalue weighted by Crippen LogP contribution is -2.59. The number of alkyl carbamates (subject to hydrolysis) is 1. The topological polar surface area (TPSA) is 208 Å². The van der Waals surface area contributed by atoms with E-state index in [1.54, 1.807) is 75.4 Å². The Morgan fingerprint density at radius 3 is 2.45 bits per heavy atom. The van der Waals surface area contributed by atoms with Crippen LogP contribution in [0.1, 0.15) is 59.3 Å². The Kier molecular flexibility index (Phi) is 11.7. The number of nitrogens with zero attached hydrogens (tertiary/aromatic N) is 1. The van der Waals surface area contributed by atoms with Crippen LogP contribution in [0, 0.1) is 5.92 Å². The Morgan fingerprint density at radius 2 is 1.73 bits per heavy atom. The first kappa shape index (κ1) is 39.5. The van der Waals surface area contributed by atoms with Crippen molar-refractivity contribution in [2.45, 2.75) is 93.9 Å². The summed E-state index contributed by atoms with van der Waals surface area (Å²) in [6.45, 7) is 4.73. The average Bonchev–Trinajstić information content (AvgIpc) is 4.04. The predicted molar refractivity (Wildman–Crippen MR) is 198 cm³/mol. The number of amides is 5. The summed E-state index contributed by atoms with van der Waals surface area (Å²) in [6, 6.07) is 13.1. The van der Waals surface area contributed by atoms with E-state index in [2.05, 4.69) is 20.7 Å². The van der Waals surface area contributed by atoms with E-state index in [-0.39, 0.29) is 32.6 Å². The highest BCUT2D eigenvalue weighted by atomic mass is 32.2. The summed E-state index contributed by atoms with van der Waals surface area (Å²) in [5.41, 5.74) is -2.16. The SMILES string of the molecule is CC(C)(C)OC(=O)N[C@H]1COCCC/C=C\[C@H]2C[C@@]2(C(=O)NS(=O)(=O)C2CC2)NC(=O)[C@@H]2C[C@@H](OC(=O)Nc3ccccc3Oc3ccccc3)CN2C1=O. The number of anilines is 1. The number of hydrogen-bond donors (Lipinski definition) is 4. The van der Waals surface area contributed by atoms with E-state index >= 15 is 0 Å². The molecule has 2 saturated carbocycles. The summed E-state index contributed by atoms with van der Waals surface area (Å²) in [5.74, 6) is -1.97. The van der Waals surface area contributed by atoms with Crippen LogP contribution in [0.5, 0.6) is 11.5 Å². The Balaban J connectivity index is 1.24. The van der Waals surface area contributed by atoms with Crippen LogP contribution in [-0.4, -0.2) is 97.6 Å². The lowest BCUT2D eigenvalue weighted by molar-refractivity contribution is -0.142. The van der Waals surface area contributed by atoms with Crippen molar-refractivity contribution in [3.8, 4) is 11.5 Å². The Morgan fingerprint density at radius 1 is 1.00 bits per heavy atom. The standard InChI is InChI=1S/C38H47N5O11S/c1-37(2,3)54-36(48)40-29-23-51-19-11-5-6-12-24-21-38(24,34(46)42-55(49,50)27-17-18-27)41-32(44)30-20-26(22-43(30)33(29)45)53-35(47)39-28-15-9-10-16-31(28)52-25-13-7-4-8-14-25/h4,6-10,12-16,24,26-27,29-30H,5,11,17-23H2,1-3H3,(H,39,47)(H,40,48)(H,41,44)(H,42,46)/b12-6-/t24-,26+,29-,30-,38+/m0/s1. The quantitative estimate of drug-likeness (QED) is 0.284. The van der Waals surface area contributed by atoms with Gasteiger partial charge in [-0.15, -0.1) is 0 Å². The van der Waals surface area contributed by atoms with E-state index < -0.39 is 80.4 Å². The van der Waals surface area contributed by atoms with Crippen LogP contribution in [0.4, 0.5) is 15.3 Å². The molecule has 2 aliphatic heterocycles. The summed E-state index contributed by atoms with van der Waals surface area (Å²) >= 11 is 0. The molecule has 55 heavy (non-hydrogen) atoms. The number of nitrogens with one attached hydrogen (secondary N) is 4. The zero-order chi connectivity index (χ0) is 39.4. The highest BCUT2D eigenvalue weighted by Gasteiger charge is 2.62. The molecule has 0 bridgehead atoms. The highest BCUT2D eigenvalue weighted by molar-refractivity contribution is 7.91. The fourth-order valence-electron chi connectivity index (χ4n) is 6.50. The maximum Gasteiger partial charge on any atom is 0.412 e. The van der Waals surface area contributed by atoms with E-state index in [4.69, 9.17) is 18.9 Å². The van der Waals surface area contributed by atoms with Gasteiger partial charge in [0.05, 0.1) is 24.1 Å². The van der Waals surface area contributed by atoms with Crippen LogP contribution in [-0.2, 0) is 38.6 Å². The van der Waals surface area contributed by atoms with Crippen molar-refractivity contribution in [3.05, 3.63) is 66.7 Å². The molecule has 2 aliphatic carbocycles. The predicted octanol–water partition coefficient (Wildman–Crippen LogP) is 3.74. The Labute approximate surface area is 319 Å². The van der Waals surface area contributed by atoms with Gasteiger partial charge in [0.15, 0.2) is 5.75 Å². The van der Waals surface area contributed by atoms with Crippen LogP contribution in [0.2, 0.25) is 0 Å². The molecule has 4 N–H and O–H groups in total. The van der Waals surface area contributed by atoms with Crippen molar-refractivity contribution >= 4 is 45.6 Å². The molecule has 5 atom stereocenters. The lowest BCUT2D eigenvalue weighted by atomic mass is 10.1. The molecule has 2 aromatic carbocycles. The largest absolute Gasteiger partial charge is 0.455 e. The number of carbonyl (C=O) groups excluding carboxylic acids is 5. The molecule has 17 heteroatoms. The molecule has 2 aromatic rings. The maximum absolute atomic E-state index is 14.3. The number of para-hydroxylation sites is 3. The number of sulfonamides is 1. The number of ether oxygens (including phenoxy) is 4. The number of fused-ring (bicyclic) bond motifs is 2. The molecule has 6 rings (SSSR count). The van der Waals surface area contributed by atoms with Crippen molar-refractivity contribution in [2.75, 3.05) is 25.1 Å². The van der Waals surface area contributed by atoms with E-state index in [0.29, 0.717) is 42.9 Å². The monoisotopic (exact) mass is 781 g/mol. The summed E-state index contributed by atoms with van der Waals surface area (Å²) in [4.78, 5) is 69.5. The number of allylic oxidation sites excluding steroid dienone is 1. The van der Waals surface area contributed by atoms with Crippen molar-refractivity contribution in [2.24, 2.45) is 5.92 Å². The van der Waals surface area contributed by atoms with Gasteiger partial charge in [-0.05, 0) is 77.1 Å². The van der Waals surface area contributed by atoms with Crippen molar-refractivity contribution in [1.82, 2.24) is 20.3 Å². The van der Waals surface area contributed by atoms with Gasteiger partial charge in [0.1, 0.15) is 35.1 Å². The molecule has 2 heterocycles. The molecule has 296 valence electrons. The third-order valence-electron chi connectivity index (χ3n) is 9.48. The van der Waals surface area contributed by atoms with Gasteiger partial charge in [0, 0.05) is 18.9 Å². The number of hydrogen-bond acceptors (Lipinski definition) is 11. The minimum atomic E-state index is -3.94. The second kappa shape index (κ2) is 16.3. The first-order chi connectivity index (χ1) is 26.1. The normalized spacial score (nSPS) is 26.4. The molecule has 0 aromatic heterocycles. The molecule has 0 radical (unpaired) electrons. The molecular weight excluding hydrogens is 735 g/mol. The van der Waals surface area contributed by atoms with E-state index in [9.17, 15) is 32.4 Å². The summed E-state index contributed by atoms with van der Waals surface area (Å²) < 4.78 is 50.6. The molecule has 4 aliphatic rings. The number of carbonyl (C=O) groups is 5. The van der Waals surface area contributed by atoms with Gasteiger partial charge in [-0.1, -0.05) is 42.5 Å². The Hall–Kier alpha value is -5.16. The van der Waals surface area contributed by atoms with Crippen LogP contribution in [0.15, 0.2) is 66.7 Å². The summed E-state index contributed by atoms with van der Waals surface area (Å²) in [7, 11) is -3.94. The van der Waals surface area contributed by atoms with Crippen LogP contribution >= 0.6 is 0 Å². The van der Waals surface area contributed by atoms with E-state index in [0.717, 1.165) is 0 Å². The van der Waals surface area contributed by atoms with Gasteiger partial charge in [-0.3, -0.25) is 24.4 Å². The van der Waals surface area contributed by atoms with E-state index in [1.165, 1.54) is 4.90 Å². The average molecular weight is 782 g/mol. The van der Waals surface area contributed by atoms with Gasteiger partial charge < -0.3 is 34.5 Å². The van der Waals surface area contributed by atoms with Crippen LogP contribution < -0.4 is 25.4 Å².